The maximum absolute atomic E-state index is 11.5. The van der Waals surface area contributed by atoms with E-state index in [-0.39, 0.29) is 11.7 Å². The van der Waals surface area contributed by atoms with Crippen molar-refractivity contribution < 1.29 is 4.79 Å². The number of benzene rings is 1. The zero-order valence-corrected chi connectivity index (χ0v) is 8.73. The van der Waals surface area contributed by atoms with E-state index in [2.05, 4.69) is 0 Å². The van der Waals surface area contributed by atoms with Crippen LogP contribution in [-0.2, 0) is 4.79 Å². The van der Waals surface area contributed by atoms with E-state index < -0.39 is 0 Å². The Hall–Kier alpha value is -1.37. The number of hydrogen-bond donors (Lipinski definition) is 0. The van der Waals surface area contributed by atoms with Crippen molar-refractivity contribution in [3.8, 4) is 0 Å². The molecule has 0 aliphatic heterocycles. The maximum atomic E-state index is 11.5. The van der Waals surface area contributed by atoms with Gasteiger partial charge < -0.3 is 0 Å². The Morgan fingerprint density at radius 3 is 2.57 bits per heavy atom. The van der Waals surface area contributed by atoms with E-state index in [1.165, 1.54) is 0 Å². The average Bonchev–Trinajstić information content (AvgIpc) is 2.26. The molecule has 0 saturated carbocycles. The van der Waals surface area contributed by atoms with Crippen LogP contribution in [0.3, 0.4) is 0 Å². The van der Waals surface area contributed by atoms with E-state index in [1.807, 2.05) is 50.3 Å². The molecule has 1 rings (SSSR count). The van der Waals surface area contributed by atoms with Gasteiger partial charge in [-0.3, -0.25) is 4.79 Å². The van der Waals surface area contributed by atoms with Crippen LogP contribution in [0, 0.1) is 5.92 Å². The second kappa shape index (κ2) is 5.38. The smallest absolute Gasteiger partial charge is 0.158 e. The lowest BCUT2D eigenvalue weighted by Crippen LogP contribution is -2.05. The number of ketones is 1. The SMILES string of the molecule is CCC(C)C(=O)/C=C/c1ccccc1. The molecule has 1 aromatic carbocycles. The number of carbonyl (C=O) groups excluding carboxylic acids is 1. The van der Waals surface area contributed by atoms with Gasteiger partial charge in [-0.15, -0.1) is 0 Å². The molecule has 0 spiro atoms. The molecular formula is C13H16O. The lowest BCUT2D eigenvalue weighted by Gasteiger charge is -2.01. The quantitative estimate of drug-likeness (QED) is 0.662. The fraction of sp³-hybridized carbons (Fsp3) is 0.308. The predicted molar refractivity (Wildman–Crippen MR) is 59.9 cm³/mol. The molecule has 0 heterocycles. The lowest BCUT2D eigenvalue weighted by molar-refractivity contribution is -0.117. The summed E-state index contributed by atoms with van der Waals surface area (Å²) in [6.07, 6.45) is 4.44. The van der Waals surface area contributed by atoms with Crippen molar-refractivity contribution >= 4 is 11.9 Å². The molecule has 0 bridgehead atoms. The first-order valence-electron chi connectivity index (χ1n) is 5.01. The van der Waals surface area contributed by atoms with Gasteiger partial charge in [-0.25, -0.2) is 0 Å². The van der Waals surface area contributed by atoms with Crippen molar-refractivity contribution in [2.45, 2.75) is 20.3 Å². The standard InChI is InChI=1S/C13H16O/c1-3-11(2)13(14)10-9-12-7-5-4-6-8-12/h4-11H,3H2,1-2H3/b10-9+. The maximum Gasteiger partial charge on any atom is 0.158 e. The summed E-state index contributed by atoms with van der Waals surface area (Å²) < 4.78 is 0. The molecular weight excluding hydrogens is 172 g/mol. The molecule has 14 heavy (non-hydrogen) atoms. The summed E-state index contributed by atoms with van der Waals surface area (Å²) in [7, 11) is 0. The van der Waals surface area contributed by atoms with Gasteiger partial charge in [0.05, 0.1) is 0 Å². The number of carbonyl (C=O) groups is 1. The Morgan fingerprint density at radius 1 is 1.36 bits per heavy atom. The first-order valence-corrected chi connectivity index (χ1v) is 5.01. The van der Waals surface area contributed by atoms with Crippen LogP contribution in [0.15, 0.2) is 36.4 Å². The zero-order valence-electron chi connectivity index (χ0n) is 8.73. The molecule has 1 unspecified atom stereocenters. The molecule has 0 fully saturated rings. The number of hydrogen-bond acceptors (Lipinski definition) is 1. The summed E-state index contributed by atoms with van der Waals surface area (Å²) >= 11 is 0. The monoisotopic (exact) mass is 188 g/mol. The van der Waals surface area contributed by atoms with E-state index in [9.17, 15) is 4.79 Å². The zero-order chi connectivity index (χ0) is 10.4. The van der Waals surface area contributed by atoms with Crippen molar-refractivity contribution in [2.24, 2.45) is 5.92 Å². The summed E-state index contributed by atoms with van der Waals surface area (Å²) in [6, 6.07) is 9.87. The molecule has 0 amide bonds. The Kier molecular flexibility index (Phi) is 4.11. The fourth-order valence-electron chi connectivity index (χ4n) is 1.11. The summed E-state index contributed by atoms with van der Waals surface area (Å²) in [4.78, 5) is 11.5. The number of allylic oxidation sites excluding steroid dienone is 1. The first kappa shape index (κ1) is 10.7. The van der Waals surface area contributed by atoms with E-state index in [0.717, 1.165) is 12.0 Å². The molecule has 1 heteroatoms. The largest absolute Gasteiger partial charge is 0.295 e. The van der Waals surface area contributed by atoms with Crippen LogP contribution < -0.4 is 0 Å². The Labute approximate surface area is 85.5 Å². The van der Waals surface area contributed by atoms with E-state index in [0.29, 0.717) is 0 Å². The highest BCUT2D eigenvalue weighted by atomic mass is 16.1. The summed E-state index contributed by atoms with van der Waals surface area (Å²) in [5.74, 6) is 0.339. The van der Waals surface area contributed by atoms with Gasteiger partial charge in [-0.2, -0.15) is 0 Å². The third-order valence-electron chi connectivity index (χ3n) is 2.34. The minimum absolute atomic E-state index is 0.134. The fourth-order valence-corrected chi connectivity index (χ4v) is 1.11. The Balaban J connectivity index is 2.61. The van der Waals surface area contributed by atoms with Crippen molar-refractivity contribution in [1.29, 1.82) is 0 Å². The van der Waals surface area contributed by atoms with Crippen molar-refractivity contribution in [2.75, 3.05) is 0 Å². The molecule has 1 atom stereocenters. The number of rotatable bonds is 4. The Morgan fingerprint density at radius 2 is 2.00 bits per heavy atom. The second-order valence-electron chi connectivity index (χ2n) is 3.46. The van der Waals surface area contributed by atoms with Gasteiger partial charge in [-0.05, 0) is 18.1 Å². The Bertz CT molecular complexity index is 311. The molecule has 0 aliphatic rings. The molecule has 0 radical (unpaired) electrons. The van der Waals surface area contributed by atoms with Gasteiger partial charge in [0, 0.05) is 5.92 Å². The molecule has 74 valence electrons. The van der Waals surface area contributed by atoms with Gasteiger partial charge in [0.25, 0.3) is 0 Å². The van der Waals surface area contributed by atoms with Crippen LogP contribution in [0.25, 0.3) is 6.08 Å². The summed E-state index contributed by atoms with van der Waals surface area (Å²) in [6.45, 7) is 3.98. The van der Waals surface area contributed by atoms with Crippen LogP contribution in [0.5, 0.6) is 0 Å². The minimum Gasteiger partial charge on any atom is -0.295 e. The van der Waals surface area contributed by atoms with Crippen molar-refractivity contribution in [1.82, 2.24) is 0 Å². The third-order valence-corrected chi connectivity index (χ3v) is 2.34. The lowest BCUT2D eigenvalue weighted by atomic mass is 10.0. The molecule has 0 aliphatic carbocycles. The van der Waals surface area contributed by atoms with Gasteiger partial charge in [0.15, 0.2) is 5.78 Å². The minimum atomic E-state index is 0.134. The van der Waals surface area contributed by atoms with E-state index >= 15 is 0 Å². The highest BCUT2D eigenvalue weighted by molar-refractivity contribution is 5.95. The van der Waals surface area contributed by atoms with Crippen molar-refractivity contribution in [3.05, 3.63) is 42.0 Å². The highest BCUT2D eigenvalue weighted by Gasteiger charge is 2.05. The van der Waals surface area contributed by atoms with Crippen LogP contribution in [0.2, 0.25) is 0 Å². The van der Waals surface area contributed by atoms with Crippen molar-refractivity contribution in [3.63, 3.8) is 0 Å². The normalized spacial score (nSPS) is 13.0. The van der Waals surface area contributed by atoms with Gasteiger partial charge in [-0.1, -0.05) is 50.3 Å². The van der Waals surface area contributed by atoms with E-state index in [4.69, 9.17) is 0 Å². The first-order chi connectivity index (χ1) is 6.74. The van der Waals surface area contributed by atoms with Gasteiger partial charge >= 0.3 is 0 Å². The van der Waals surface area contributed by atoms with Crippen LogP contribution in [-0.4, -0.2) is 5.78 Å². The molecule has 1 nitrogen and oxygen atoms in total. The third kappa shape index (κ3) is 3.17. The van der Waals surface area contributed by atoms with E-state index in [1.54, 1.807) is 6.08 Å². The van der Waals surface area contributed by atoms with Crippen LogP contribution in [0.4, 0.5) is 0 Å². The second-order valence-corrected chi connectivity index (χ2v) is 3.46. The summed E-state index contributed by atoms with van der Waals surface area (Å²) in [5, 5.41) is 0. The highest BCUT2D eigenvalue weighted by Crippen LogP contribution is 2.06. The summed E-state index contributed by atoms with van der Waals surface area (Å²) in [5.41, 5.74) is 1.07. The molecule has 0 N–H and O–H groups in total. The van der Waals surface area contributed by atoms with Crippen LogP contribution >= 0.6 is 0 Å². The molecule has 1 aromatic rings. The van der Waals surface area contributed by atoms with Gasteiger partial charge in [0.2, 0.25) is 0 Å². The van der Waals surface area contributed by atoms with Gasteiger partial charge in [0.1, 0.15) is 0 Å². The molecule has 0 aromatic heterocycles. The van der Waals surface area contributed by atoms with Crippen LogP contribution in [0.1, 0.15) is 25.8 Å². The predicted octanol–water partition coefficient (Wildman–Crippen LogP) is 3.32. The average molecular weight is 188 g/mol. The molecule has 0 saturated heterocycles. The topological polar surface area (TPSA) is 17.1 Å².